The molecule has 0 aliphatic heterocycles. The van der Waals surface area contributed by atoms with Gasteiger partial charge in [-0.15, -0.1) is 0 Å². The molecule has 0 aromatic heterocycles. The van der Waals surface area contributed by atoms with Crippen LogP contribution in [0.15, 0.2) is 0 Å². The van der Waals surface area contributed by atoms with Crippen molar-refractivity contribution in [3.05, 3.63) is 0 Å². The average Bonchev–Trinajstić information content (AvgIpc) is 1.86. The molecule has 0 spiro atoms. The first-order valence-corrected chi connectivity index (χ1v) is 6.14. The van der Waals surface area contributed by atoms with Crippen LogP contribution in [0.25, 0.3) is 0 Å². The van der Waals surface area contributed by atoms with Crippen LogP contribution in [-0.4, -0.2) is 19.9 Å². The Labute approximate surface area is 68.9 Å². The molecule has 1 aliphatic carbocycles. The summed E-state index contributed by atoms with van der Waals surface area (Å²) in [6.07, 6.45) is 5.39. The van der Waals surface area contributed by atoms with Gasteiger partial charge in [-0.2, -0.15) is 0 Å². The zero-order valence-electron chi connectivity index (χ0n) is 7.21. The van der Waals surface area contributed by atoms with Crippen LogP contribution in [0.2, 0.25) is 0 Å². The van der Waals surface area contributed by atoms with E-state index >= 15 is 0 Å². The molecule has 1 rings (SSSR count). The quantitative estimate of drug-likeness (QED) is 0.608. The highest BCUT2D eigenvalue weighted by Crippen LogP contribution is 2.27. The van der Waals surface area contributed by atoms with Gasteiger partial charge in [0, 0.05) is 6.26 Å². The van der Waals surface area contributed by atoms with E-state index in [0.717, 1.165) is 19.3 Å². The summed E-state index contributed by atoms with van der Waals surface area (Å²) < 4.78 is 22.3. The summed E-state index contributed by atoms with van der Waals surface area (Å²) in [5.41, 5.74) is 0. The van der Waals surface area contributed by atoms with E-state index in [4.69, 9.17) is 0 Å². The Morgan fingerprint density at radius 3 is 2.27 bits per heavy atom. The van der Waals surface area contributed by atoms with E-state index in [1.165, 1.54) is 12.7 Å². The van der Waals surface area contributed by atoms with Crippen LogP contribution in [-0.2, 0) is 9.84 Å². The summed E-state index contributed by atoms with van der Waals surface area (Å²) in [4.78, 5) is 0. The predicted molar refractivity (Wildman–Crippen MR) is 46.3 cm³/mol. The van der Waals surface area contributed by atoms with Gasteiger partial charge in [0.15, 0.2) is 0 Å². The lowest BCUT2D eigenvalue weighted by atomic mass is 9.91. The van der Waals surface area contributed by atoms with Gasteiger partial charge in [-0.25, -0.2) is 8.42 Å². The molecule has 0 radical (unpaired) electrons. The molecular weight excluding hydrogens is 160 g/mol. The highest BCUT2D eigenvalue weighted by molar-refractivity contribution is 7.91. The Bertz CT molecular complexity index is 218. The second-order valence-electron chi connectivity index (χ2n) is 3.72. The van der Waals surface area contributed by atoms with Crippen molar-refractivity contribution < 1.29 is 8.42 Å². The van der Waals surface area contributed by atoms with Crippen molar-refractivity contribution in [2.24, 2.45) is 5.92 Å². The maximum Gasteiger partial charge on any atom is 0.150 e. The summed E-state index contributed by atoms with van der Waals surface area (Å²) in [5.74, 6) is 0.600. The Kier molecular flexibility index (Phi) is 2.58. The zero-order valence-corrected chi connectivity index (χ0v) is 8.02. The fourth-order valence-electron chi connectivity index (χ4n) is 1.77. The molecule has 66 valence electrons. The molecule has 0 N–H and O–H groups in total. The molecule has 0 aromatic carbocycles. The van der Waals surface area contributed by atoms with Gasteiger partial charge in [-0.05, 0) is 18.8 Å². The SMILES string of the molecule is CC1CCCC(S(C)(=O)=O)C1. The maximum absolute atomic E-state index is 11.1. The van der Waals surface area contributed by atoms with E-state index in [2.05, 4.69) is 6.92 Å². The van der Waals surface area contributed by atoms with Crippen molar-refractivity contribution >= 4 is 9.84 Å². The minimum Gasteiger partial charge on any atom is -0.229 e. The van der Waals surface area contributed by atoms with Gasteiger partial charge < -0.3 is 0 Å². The van der Waals surface area contributed by atoms with Crippen molar-refractivity contribution in [2.45, 2.75) is 37.9 Å². The fraction of sp³-hybridized carbons (Fsp3) is 1.00. The zero-order chi connectivity index (χ0) is 8.48. The number of hydrogen-bond donors (Lipinski definition) is 0. The average molecular weight is 176 g/mol. The highest BCUT2D eigenvalue weighted by Gasteiger charge is 2.26. The third-order valence-corrected chi connectivity index (χ3v) is 4.13. The monoisotopic (exact) mass is 176 g/mol. The van der Waals surface area contributed by atoms with E-state index in [1.807, 2.05) is 0 Å². The Morgan fingerprint density at radius 1 is 1.27 bits per heavy atom. The molecule has 0 saturated heterocycles. The largest absolute Gasteiger partial charge is 0.229 e. The minimum atomic E-state index is -2.76. The lowest BCUT2D eigenvalue weighted by molar-refractivity contribution is 0.383. The van der Waals surface area contributed by atoms with Crippen molar-refractivity contribution in [2.75, 3.05) is 6.26 Å². The molecule has 11 heavy (non-hydrogen) atoms. The molecule has 1 fully saturated rings. The van der Waals surface area contributed by atoms with E-state index in [1.54, 1.807) is 0 Å². The van der Waals surface area contributed by atoms with E-state index in [9.17, 15) is 8.42 Å². The normalized spacial score (nSPS) is 33.6. The van der Waals surface area contributed by atoms with Crippen molar-refractivity contribution in [3.8, 4) is 0 Å². The van der Waals surface area contributed by atoms with Gasteiger partial charge in [-0.1, -0.05) is 19.8 Å². The molecule has 0 bridgehead atoms. The van der Waals surface area contributed by atoms with Crippen molar-refractivity contribution in [1.29, 1.82) is 0 Å². The topological polar surface area (TPSA) is 34.1 Å². The molecule has 2 unspecified atom stereocenters. The molecule has 2 nitrogen and oxygen atoms in total. The number of sulfone groups is 1. The number of hydrogen-bond acceptors (Lipinski definition) is 2. The van der Waals surface area contributed by atoms with E-state index < -0.39 is 9.84 Å². The summed E-state index contributed by atoms with van der Waals surface area (Å²) >= 11 is 0. The summed E-state index contributed by atoms with van der Waals surface area (Å²) in [7, 11) is -2.76. The van der Waals surface area contributed by atoms with Gasteiger partial charge in [-0.3, -0.25) is 0 Å². The lowest BCUT2D eigenvalue weighted by Gasteiger charge is -2.24. The van der Waals surface area contributed by atoms with Crippen LogP contribution in [0.3, 0.4) is 0 Å². The molecule has 1 aliphatic rings. The predicted octanol–water partition coefficient (Wildman–Crippen LogP) is 1.61. The van der Waals surface area contributed by atoms with Crippen LogP contribution in [0.5, 0.6) is 0 Å². The standard InChI is InChI=1S/C8H16O2S/c1-7-4-3-5-8(6-7)11(2,9)10/h7-8H,3-6H2,1-2H3. The fourth-order valence-corrected chi connectivity index (χ4v) is 3.04. The van der Waals surface area contributed by atoms with Gasteiger partial charge >= 0.3 is 0 Å². The first-order valence-electron chi connectivity index (χ1n) is 4.19. The van der Waals surface area contributed by atoms with E-state index in [0.29, 0.717) is 5.92 Å². The molecule has 2 atom stereocenters. The second-order valence-corrected chi connectivity index (χ2v) is 6.05. The van der Waals surface area contributed by atoms with Crippen LogP contribution >= 0.6 is 0 Å². The first kappa shape index (κ1) is 9.04. The highest BCUT2D eigenvalue weighted by atomic mass is 32.2. The van der Waals surface area contributed by atoms with Gasteiger partial charge in [0.1, 0.15) is 9.84 Å². The van der Waals surface area contributed by atoms with Crippen molar-refractivity contribution in [3.63, 3.8) is 0 Å². The minimum absolute atomic E-state index is 0.0498. The third-order valence-electron chi connectivity index (χ3n) is 2.49. The summed E-state index contributed by atoms with van der Waals surface area (Å²) in [6.45, 7) is 2.14. The number of rotatable bonds is 1. The van der Waals surface area contributed by atoms with Crippen LogP contribution in [0.1, 0.15) is 32.6 Å². The molecule has 0 aromatic rings. The van der Waals surface area contributed by atoms with Gasteiger partial charge in [0.2, 0.25) is 0 Å². The molecule has 0 amide bonds. The molecular formula is C8H16O2S. The summed E-state index contributed by atoms with van der Waals surface area (Å²) in [5, 5.41) is -0.0498. The van der Waals surface area contributed by atoms with Gasteiger partial charge in [0.05, 0.1) is 5.25 Å². The van der Waals surface area contributed by atoms with E-state index in [-0.39, 0.29) is 5.25 Å². The van der Waals surface area contributed by atoms with Crippen LogP contribution in [0, 0.1) is 5.92 Å². The van der Waals surface area contributed by atoms with Crippen LogP contribution < -0.4 is 0 Å². The van der Waals surface area contributed by atoms with Crippen molar-refractivity contribution in [1.82, 2.24) is 0 Å². The lowest BCUT2D eigenvalue weighted by Crippen LogP contribution is -2.26. The smallest absolute Gasteiger partial charge is 0.150 e. The molecule has 1 saturated carbocycles. The van der Waals surface area contributed by atoms with Crippen LogP contribution in [0.4, 0.5) is 0 Å². The summed E-state index contributed by atoms with van der Waals surface area (Å²) in [6, 6.07) is 0. The Hall–Kier alpha value is -0.0500. The molecule has 3 heteroatoms. The van der Waals surface area contributed by atoms with Gasteiger partial charge in [0.25, 0.3) is 0 Å². The Morgan fingerprint density at radius 2 is 1.91 bits per heavy atom. The first-order chi connectivity index (χ1) is 5.00. The second kappa shape index (κ2) is 3.13. The molecule has 0 heterocycles. The maximum atomic E-state index is 11.1. The third kappa shape index (κ3) is 2.47. The Balaban J connectivity index is 2.60.